The normalized spacial score (nSPS) is 31.6. The van der Waals surface area contributed by atoms with Crippen LogP contribution in [0.2, 0.25) is 0 Å². The van der Waals surface area contributed by atoms with Gasteiger partial charge in [-0.25, -0.2) is 0 Å². The minimum absolute atomic E-state index is 0.0540. The number of nitrogens with one attached hydrogen (secondary N) is 1. The van der Waals surface area contributed by atoms with Gasteiger partial charge in [0.2, 0.25) is 5.91 Å². The van der Waals surface area contributed by atoms with E-state index in [1.54, 1.807) is 0 Å². The van der Waals surface area contributed by atoms with Crippen LogP contribution in [0.4, 0.5) is 0 Å². The highest BCUT2D eigenvalue weighted by atomic mass is 16.5. The minimum Gasteiger partial charge on any atom is -0.368 e. The number of carbonyl (C=O) groups is 1. The molecule has 1 aromatic rings. The number of morpholine rings is 1. The second-order valence-electron chi connectivity index (χ2n) is 7.56. The molecule has 4 nitrogen and oxygen atoms in total. The molecule has 132 valence electrons. The van der Waals surface area contributed by atoms with Crippen LogP contribution in [0.15, 0.2) is 30.3 Å². The summed E-state index contributed by atoms with van der Waals surface area (Å²) >= 11 is 0. The smallest absolute Gasteiger partial charge is 0.234 e. The highest BCUT2D eigenvalue weighted by Crippen LogP contribution is 2.25. The lowest BCUT2D eigenvalue weighted by Gasteiger charge is -2.37. The number of hydrogen-bond acceptors (Lipinski definition) is 3. The van der Waals surface area contributed by atoms with Crippen LogP contribution in [0, 0.1) is 5.92 Å². The molecule has 3 rings (SSSR count). The van der Waals surface area contributed by atoms with Gasteiger partial charge >= 0.3 is 0 Å². The van der Waals surface area contributed by atoms with Crippen molar-refractivity contribution in [3.8, 4) is 0 Å². The lowest BCUT2D eigenvalue weighted by atomic mass is 9.87. The third kappa shape index (κ3) is 4.81. The molecule has 24 heavy (non-hydrogen) atoms. The Balaban J connectivity index is 1.51. The van der Waals surface area contributed by atoms with Gasteiger partial charge in [-0.2, -0.15) is 0 Å². The fourth-order valence-corrected chi connectivity index (χ4v) is 3.90. The van der Waals surface area contributed by atoms with Crippen LogP contribution in [0.25, 0.3) is 0 Å². The first-order valence-electron chi connectivity index (χ1n) is 9.32. The highest BCUT2D eigenvalue weighted by Gasteiger charge is 2.28. The van der Waals surface area contributed by atoms with Gasteiger partial charge in [-0.15, -0.1) is 0 Å². The number of benzene rings is 1. The fourth-order valence-electron chi connectivity index (χ4n) is 3.90. The number of ether oxygens (including phenoxy) is 1. The lowest BCUT2D eigenvalue weighted by Crippen LogP contribution is -2.49. The molecule has 0 bridgehead atoms. The monoisotopic (exact) mass is 330 g/mol. The zero-order valence-corrected chi connectivity index (χ0v) is 14.9. The average Bonchev–Trinajstić information content (AvgIpc) is 2.57. The summed E-state index contributed by atoms with van der Waals surface area (Å²) in [5.41, 5.74) is 1.19. The van der Waals surface area contributed by atoms with Crippen LogP contribution in [-0.4, -0.2) is 42.6 Å². The van der Waals surface area contributed by atoms with Crippen molar-refractivity contribution in [2.75, 3.05) is 19.6 Å². The zero-order valence-electron chi connectivity index (χ0n) is 14.9. The van der Waals surface area contributed by atoms with Crippen LogP contribution in [0.1, 0.15) is 51.2 Å². The second kappa shape index (κ2) is 8.13. The van der Waals surface area contributed by atoms with Gasteiger partial charge in [0.1, 0.15) is 0 Å². The predicted octanol–water partition coefficient (Wildman–Crippen LogP) is 3.14. The molecule has 2 atom stereocenters. The SMILES string of the molecule is CC1CCC(NC(=O)CN2C[C@@H](c3ccccc3)O[C@@H](C)C2)CC1. The molecule has 1 N–H and O–H groups in total. The van der Waals surface area contributed by atoms with Crippen molar-refractivity contribution >= 4 is 5.91 Å². The molecular weight excluding hydrogens is 300 g/mol. The quantitative estimate of drug-likeness (QED) is 0.922. The summed E-state index contributed by atoms with van der Waals surface area (Å²) < 4.78 is 6.07. The van der Waals surface area contributed by atoms with Gasteiger partial charge in [0, 0.05) is 19.1 Å². The standard InChI is InChI=1S/C20H30N2O2/c1-15-8-10-18(11-9-15)21-20(23)14-22-12-16(2)24-19(13-22)17-6-4-3-5-7-17/h3-7,15-16,18-19H,8-14H2,1-2H3,(H,21,23)/t15?,16-,18?,19-/m0/s1. The maximum absolute atomic E-state index is 12.4. The average molecular weight is 330 g/mol. The van der Waals surface area contributed by atoms with E-state index in [1.807, 2.05) is 18.2 Å². The minimum atomic E-state index is 0.0540. The molecule has 1 heterocycles. The van der Waals surface area contributed by atoms with E-state index in [9.17, 15) is 4.79 Å². The number of nitrogens with zero attached hydrogens (tertiary/aromatic N) is 1. The van der Waals surface area contributed by atoms with Gasteiger partial charge in [-0.05, 0) is 44.1 Å². The van der Waals surface area contributed by atoms with E-state index in [0.717, 1.165) is 31.8 Å². The Morgan fingerprint density at radius 2 is 1.83 bits per heavy atom. The molecule has 2 fully saturated rings. The maximum Gasteiger partial charge on any atom is 0.234 e. The Morgan fingerprint density at radius 1 is 1.12 bits per heavy atom. The van der Waals surface area contributed by atoms with Crippen LogP contribution in [0.5, 0.6) is 0 Å². The summed E-state index contributed by atoms with van der Waals surface area (Å²) in [5, 5.41) is 3.23. The molecule has 0 spiro atoms. The summed E-state index contributed by atoms with van der Waals surface area (Å²) in [7, 11) is 0. The number of carbonyl (C=O) groups excluding carboxylic acids is 1. The molecule has 1 amide bonds. The van der Waals surface area contributed by atoms with E-state index in [1.165, 1.54) is 18.4 Å². The number of rotatable bonds is 4. The molecule has 1 aliphatic carbocycles. The van der Waals surface area contributed by atoms with Crippen LogP contribution < -0.4 is 5.32 Å². The van der Waals surface area contributed by atoms with Crippen LogP contribution in [-0.2, 0) is 9.53 Å². The molecule has 0 unspecified atom stereocenters. The van der Waals surface area contributed by atoms with Gasteiger partial charge in [0.25, 0.3) is 0 Å². The molecule has 4 heteroatoms. The molecule has 1 saturated heterocycles. The molecule has 0 aromatic heterocycles. The van der Waals surface area contributed by atoms with Gasteiger partial charge in [-0.3, -0.25) is 9.69 Å². The Labute approximate surface area is 145 Å². The summed E-state index contributed by atoms with van der Waals surface area (Å²) in [6.45, 7) is 6.46. The maximum atomic E-state index is 12.4. The third-order valence-electron chi connectivity index (χ3n) is 5.26. The van der Waals surface area contributed by atoms with Gasteiger partial charge in [-0.1, -0.05) is 37.3 Å². The predicted molar refractivity (Wildman–Crippen MR) is 95.7 cm³/mol. The zero-order chi connectivity index (χ0) is 16.9. The Bertz CT molecular complexity index is 526. The van der Waals surface area contributed by atoms with Crippen molar-refractivity contribution in [3.63, 3.8) is 0 Å². The largest absolute Gasteiger partial charge is 0.368 e. The summed E-state index contributed by atoms with van der Waals surface area (Å²) in [4.78, 5) is 14.6. The Hall–Kier alpha value is -1.39. The third-order valence-corrected chi connectivity index (χ3v) is 5.26. The first-order chi connectivity index (χ1) is 11.6. The first kappa shape index (κ1) is 17.4. The molecule has 1 aromatic carbocycles. The van der Waals surface area contributed by atoms with E-state index >= 15 is 0 Å². The van der Waals surface area contributed by atoms with Gasteiger partial charge < -0.3 is 10.1 Å². The van der Waals surface area contributed by atoms with Crippen molar-refractivity contribution < 1.29 is 9.53 Å². The van der Waals surface area contributed by atoms with E-state index in [4.69, 9.17) is 4.74 Å². The van der Waals surface area contributed by atoms with Crippen LogP contribution >= 0.6 is 0 Å². The van der Waals surface area contributed by atoms with E-state index in [-0.39, 0.29) is 18.1 Å². The van der Waals surface area contributed by atoms with Crippen LogP contribution in [0.3, 0.4) is 0 Å². The number of amides is 1. The summed E-state index contributed by atoms with van der Waals surface area (Å²) in [5.74, 6) is 0.973. The molecular formula is C20H30N2O2. The molecule has 1 aliphatic heterocycles. The van der Waals surface area contributed by atoms with E-state index in [2.05, 4.69) is 36.2 Å². The Morgan fingerprint density at radius 3 is 2.54 bits per heavy atom. The summed E-state index contributed by atoms with van der Waals surface area (Å²) in [6, 6.07) is 10.7. The van der Waals surface area contributed by atoms with E-state index in [0.29, 0.717) is 12.6 Å². The first-order valence-corrected chi connectivity index (χ1v) is 9.32. The van der Waals surface area contributed by atoms with Gasteiger partial charge in [0.15, 0.2) is 0 Å². The molecule has 2 aliphatic rings. The number of hydrogen-bond donors (Lipinski definition) is 1. The van der Waals surface area contributed by atoms with Crippen molar-refractivity contribution in [2.24, 2.45) is 5.92 Å². The summed E-state index contributed by atoms with van der Waals surface area (Å²) in [6.07, 6.45) is 4.91. The van der Waals surface area contributed by atoms with Crippen molar-refractivity contribution in [2.45, 2.75) is 57.8 Å². The fraction of sp³-hybridized carbons (Fsp3) is 0.650. The highest BCUT2D eigenvalue weighted by molar-refractivity contribution is 5.78. The van der Waals surface area contributed by atoms with Crippen molar-refractivity contribution in [1.29, 1.82) is 0 Å². The molecule has 1 saturated carbocycles. The van der Waals surface area contributed by atoms with Crippen molar-refractivity contribution in [3.05, 3.63) is 35.9 Å². The van der Waals surface area contributed by atoms with Crippen molar-refractivity contribution in [1.82, 2.24) is 10.2 Å². The lowest BCUT2D eigenvalue weighted by molar-refractivity contribution is -0.127. The molecule has 0 radical (unpaired) electrons. The Kier molecular flexibility index (Phi) is 5.90. The second-order valence-corrected chi connectivity index (χ2v) is 7.56. The van der Waals surface area contributed by atoms with Gasteiger partial charge in [0.05, 0.1) is 18.8 Å². The van der Waals surface area contributed by atoms with E-state index < -0.39 is 0 Å². The topological polar surface area (TPSA) is 41.6 Å².